The van der Waals surface area contributed by atoms with Crippen LogP contribution in [0, 0.1) is 0 Å². The summed E-state index contributed by atoms with van der Waals surface area (Å²) >= 11 is 0. The molecule has 1 aliphatic heterocycles. The summed E-state index contributed by atoms with van der Waals surface area (Å²) in [5.74, 6) is 1.61. The van der Waals surface area contributed by atoms with E-state index in [2.05, 4.69) is 43.9 Å². The fourth-order valence-corrected chi connectivity index (χ4v) is 2.80. The van der Waals surface area contributed by atoms with Gasteiger partial charge in [0.05, 0.1) is 6.61 Å². The minimum Gasteiger partial charge on any atom is -0.493 e. The van der Waals surface area contributed by atoms with Gasteiger partial charge in [0, 0.05) is 24.5 Å². The predicted molar refractivity (Wildman–Crippen MR) is 79.7 cm³/mol. The number of hydrogen-bond donors (Lipinski definition) is 1. The van der Waals surface area contributed by atoms with Crippen LogP contribution in [0.3, 0.4) is 0 Å². The highest BCUT2D eigenvalue weighted by molar-refractivity contribution is 5.38. The van der Waals surface area contributed by atoms with Gasteiger partial charge in [-0.2, -0.15) is 0 Å². The fourth-order valence-electron chi connectivity index (χ4n) is 2.80. The zero-order valence-corrected chi connectivity index (χ0v) is 12.4. The zero-order valence-electron chi connectivity index (χ0n) is 12.4. The first kappa shape index (κ1) is 14.4. The van der Waals surface area contributed by atoms with Crippen LogP contribution in [-0.2, 0) is 0 Å². The van der Waals surface area contributed by atoms with Crippen LogP contribution < -0.4 is 10.5 Å². The minimum absolute atomic E-state index is 0.0575. The molecule has 1 aromatic rings. The highest BCUT2D eigenvalue weighted by atomic mass is 16.5. The highest BCUT2D eigenvalue weighted by Gasteiger charge is 2.29. The van der Waals surface area contributed by atoms with E-state index >= 15 is 0 Å². The Labute approximate surface area is 116 Å². The van der Waals surface area contributed by atoms with Gasteiger partial charge in [-0.3, -0.25) is 4.90 Å². The molecule has 1 unspecified atom stereocenters. The van der Waals surface area contributed by atoms with Crippen molar-refractivity contribution in [1.82, 2.24) is 4.90 Å². The number of benzene rings is 1. The van der Waals surface area contributed by atoms with Crippen molar-refractivity contribution in [2.75, 3.05) is 26.2 Å². The lowest BCUT2D eigenvalue weighted by Crippen LogP contribution is -2.50. The van der Waals surface area contributed by atoms with Gasteiger partial charge < -0.3 is 10.5 Å². The van der Waals surface area contributed by atoms with Gasteiger partial charge in [-0.25, -0.2) is 0 Å². The maximum absolute atomic E-state index is 5.92. The summed E-state index contributed by atoms with van der Waals surface area (Å²) in [7, 11) is 0. The molecule has 3 heteroatoms. The average Bonchev–Trinajstić information content (AvgIpc) is 2.44. The van der Waals surface area contributed by atoms with Gasteiger partial charge in [0.25, 0.3) is 0 Å². The number of nitrogens with zero attached hydrogens (tertiary/aromatic N) is 1. The Morgan fingerprint density at radius 1 is 1.37 bits per heavy atom. The summed E-state index contributed by atoms with van der Waals surface area (Å²) in [6.45, 7) is 10.3. The molecule has 106 valence electrons. The Morgan fingerprint density at radius 3 is 2.79 bits per heavy atom. The molecule has 2 rings (SSSR count). The monoisotopic (exact) mass is 262 g/mol. The molecular formula is C16H26N2O. The summed E-state index contributed by atoms with van der Waals surface area (Å²) in [6.07, 6.45) is 1.09. The molecule has 1 atom stereocenters. The molecule has 0 bridgehead atoms. The summed E-state index contributed by atoms with van der Waals surface area (Å²) < 4.78 is 5.74. The second-order valence-corrected chi connectivity index (χ2v) is 5.93. The number of rotatable bonds is 5. The van der Waals surface area contributed by atoms with Crippen LogP contribution in [-0.4, -0.2) is 36.7 Å². The van der Waals surface area contributed by atoms with Crippen LogP contribution in [0.5, 0.6) is 5.75 Å². The first-order valence-electron chi connectivity index (χ1n) is 7.25. The second kappa shape index (κ2) is 5.93. The van der Waals surface area contributed by atoms with Crippen LogP contribution in [0.1, 0.15) is 38.7 Å². The third-order valence-electron chi connectivity index (χ3n) is 4.26. The Morgan fingerprint density at radius 2 is 2.11 bits per heavy atom. The van der Waals surface area contributed by atoms with Crippen molar-refractivity contribution in [2.45, 2.75) is 38.6 Å². The number of para-hydroxylation sites is 1. The third-order valence-corrected chi connectivity index (χ3v) is 4.26. The molecule has 0 aliphatic carbocycles. The predicted octanol–water partition coefficient (Wildman–Crippen LogP) is 2.61. The van der Waals surface area contributed by atoms with Gasteiger partial charge in [-0.05, 0) is 38.4 Å². The SMILES string of the molecule is CCN(CC1CCOc2ccccc21)C(C)(C)CN. The quantitative estimate of drug-likeness (QED) is 0.886. The molecule has 1 aromatic carbocycles. The molecule has 0 saturated heterocycles. The molecular weight excluding hydrogens is 236 g/mol. The fraction of sp³-hybridized carbons (Fsp3) is 0.625. The topological polar surface area (TPSA) is 38.5 Å². The van der Waals surface area contributed by atoms with Gasteiger partial charge >= 0.3 is 0 Å². The van der Waals surface area contributed by atoms with Crippen LogP contribution in [0.4, 0.5) is 0 Å². The second-order valence-electron chi connectivity index (χ2n) is 5.93. The van der Waals surface area contributed by atoms with Crippen LogP contribution in [0.15, 0.2) is 24.3 Å². The minimum atomic E-state index is 0.0575. The van der Waals surface area contributed by atoms with Gasteiger partial charge in [-0.15, -0.1) is 0 Å². The molecule has 3 nitrogen and oxygen atoms in total. The van der Waals surface area contributed by atoms with E-state index in [0.29, 0.717) is 12.5 Å². The van der Waals surface area contributed by atoms with Crippen molar-refractivity contribution in [2.24, 2.45) is 5.73 Å². The number of nitrogens with two attached hydrogens (primary N) is 1. The summed E-state index contributed by atoms with van der Waals surface area (Å²) in [5, 5.41) is 0. The molecule has 1 heterocycles. The third kappa shape index (κ3) is 3.10. The largest absolute Gasteiger partial charge is 0.493 e. The Bertz CT molecular complexity index is 417. The molecule has 2 N–H and O–H groups in total. The average molecular weight is 262 g/mol. The van der Waals surface area contributed by atoms with E-state index < -0.39 is 0 Å². The molecule has 0 radical (unpaired) electrons. The van der Waals surface area contributed by atoms with Gasteiger partial charge in [0.2, 0.25) is 0 Å². The van der Waals surface area contributed by atoms with Crippen molar-refractivity contribution in [3.63, 3.8) is 0 Å². The lowest BCUT2D eigenvalue weighted by atomic mass is 9.90. The van der Waals surface area contributed by atoms with Gasteiger partial charge in [0.15, 0.2) is 0 Å². The maximum Gasteiger partial charge on any atom is 0.122 e. The lowest BCUT2D eigenvalue weighted by Gasteiger charge is -2.40. The number of hydrogen-bond acceptors (Lipinski definition) is 3. The lowest BCUT2D eigenvalue weighted by molar-refractivity contribution is 0.115. The zero-order chi connectivity index (χ0) is 13.9. The van der Waals surface area contributed by atoms with Crippen molar-refractivity contribution in [3.8, 4) is 5.75 Å². The van der Waals surface area contributed by atoms with Crippen LogP contribution in [0.2, 0.25) is 0 Å². The molecule has 0 spiro atoms. The van der Waals surface area contributed by atoms with E-state index in [1.165, 1.54) is 5.56 Å². The van der Waals surface area contributed by atoms with Crippen LogP contribution in [0.25, 0.3) is 0 Å². The first-order valence-corrected chi connectivity index (χ1v) is 7.25. The maximum atomic E-state index is 5.92. The van der Waals surface area contributed by atoms with E-state index in [-0.39, 0.29) is 5.54 Å². The van der Waals surface area contributed by atoms with E-state index in [9.17, 15) is 0 Å². The molecule has 1 aliphatic rings. The Balaban J connectivity index is 2.15. The number of fused-ring (bicyclic) bond motifs is 1. The summed E-state index contributed by atoms with van der Waals surface area (Å²) in [5.41, 5.74) is 7.32. The highest BCUT2D eigenvalue weighted by Crippen LogP contribution is 2.34. The van der Waals surface area contributed by atoms with E-state index in [1.54, 1.807) is 0 Å². The molecule has 0 amide bonds. The molecule has 0 fully saturated rings. The smallest absolute Gasteiger partial charge is 0.122 e. The van der Waals surface area contributed by atoms with Crippen molar-refractivity contribution >= 4 is 0 Å². The van der Waals surface area contributed by atoms with E-state index in [0.717, 1.165) is 31.9 Å². The Kier molecular flexibility index (Phi) is 4.48. The molecule has 0 saturated carbocycles. The van der Waals surface area contributed by atoms with Gasteiger partial charge in [-0.1, -0.05) is 25.1 Å². The number of likely N-dealkylation sites (N-methyl/N-ethyl adjacent to an activating group) is 1. The standard InChI is InChI=1S/C16H26N2O/c1-4-18(16(2,3)12-17)11-13-9-10-19-15-8-6-5-7-14(13)15/h5-8,13H,4,9-12,17H2,1-3H3. The number of ether oxygens (including phenoxy) is 1. The van der Waals surface area contributed by atoms with E-state index in [1.807, 2.05) is 6.07 Å². The molecule has 19 heavy (non-hydrogen) atoms. The summed E-state index contributed by atoms with van der Waals surface area (Å²) in [6, 6.07) is 8.42. The van der Waals surface area contributed by atoms with Gasteiger partial charge in [0.1, 0.15) is 5.75 Å². The van der Waals surface area contributed by atoms with Crippen LogP contribution >= 0.6 is 0 Å². The normalized spacial score (nSPS) is 19.1. The first-order chi connectivity index (χ1) is 9.08. The summed E-state index contributed by atoms with van der Waals surface area (Å²) in [4.78, 5) is 2.49. The Hall–Kier alpha value is -1.06. The van der Waals surface area contributed by atoms with Crippen molar-refractivity contribution < 1.29 is 4.74 Å². The van der Waals surface area contributed by atoms with Crippen molar-refractivity contribution in [3.05, 3.63) is 29.8 Å². The van der Waals surface area contributed by atoms with E-state index in [4.69, 9.17) is 10.5 Å². The van der Waals surface area contributed by atoms with Crippen molar-refractivity contribution in [1.29, 1.82) is 0 Å². The molecule has 0 aromatic heterocycles.